The van der Waals surface area contributed by atoms with E-state index in [0.29, 0.717) is 6.04 Å². The molecule has 20 heavy (non-hydrogen) atoms. The van der Waals surface area contributed by atoms with Crippen LogP contribution in [-0.2, 0) is 11.3 Å². The summed E-state index contributed by atoms with van der Waals surface area (Å²) in [5.41, 5.74) is 1.93. The predicted molar refractivity (Wildman–Crippen MR) is 75.4 cm³/mol. The number of aliphatic carboxylic acids is 1. The van der Waals surface area contributed by atoms with Crippen LogP contribution >= 0.6 is 11.5 Å². The van der Waals surface area contributed by atoms with Crippen molar-refractivity contribution in [1.29, 1.82) is 0 Å². The van der Waals surface area contributed by atoms with Crippen molar-refractivity contribution in [3.63, 3.8) is 0 Å². The van der Waals surface area contributed by atoms with Crippen molar-refractivity contribution in [3.05, 3.63) is 17.8 Å². The smallest absolute Gasteiger partial charge is 0.306 e. The Morgan fingerprint density at radius 3 is 2.95 bits per heavy atom. The summed E-state index contributed by atoms with van der Waals surface area (Å²) in [6.45, 7) is 0.739. The lowest BCUT2D eigenvalue weighted by Gasteiger charge is -2.26. The van der Waals surface area contributed by atoms with E-state index in [4.69, 9.17) is 5.11 Å². The van der Waals surface area contributed by atoms with Crippen LogP contribution in [0.25, 0.3) is 10.3 Å². The van der Waals surface area contributed by atoms with Crippen LogP contribution in [0.5, 0.6) is 0 Å². The minimum absolute atomic E-state index is 0.160. The number of carbonyl (C=O) groups is 1. The summed E-state index contributed by atoms with van der Waals surface area (Å²) in [5.74, 6) is -0.818. The topological polar surface area (TPSA) is 88.0 Å². The Balaban J connectivity index is 1.53. The molecular formula is C13H16N4O2S. The van der Waals surface area contributed by atoms with Gasteiger partial charge in [0.2, 0.25) is 0 Å². The fourth-order valence-electron chi connectivity index (χ4n) is 2.63. The molecule has 0 amide bonds. The number of pyridine rings is 1. The van der Waals surface area contributed by atoms with Crippen molar-refractivity contribution >= 4 is 27.8 Å². The largest absolute Gasteiger partial charge is 0.481 e. The van der Waals surface area contributed by atoms with Gasteiger partial charge in [0.15, 0.2) is 4.83 Å². The fraction of sp³-hybridized carbons (Fsp3) is 0.538. The van der Waals surface area contributed by atoms with E-state index in [0.717, 1.165) is 48.1 Å². The second-order valence-corrected chi connectivity index (χ2v) is 5.94. The molecule has 1 aliphatic carbocycles. The Bertz CT molecular complexity index is 607. The number of hydrogen-bond donors (Lipinski definition) is 2. The molecule has 0 spiro atoms. The van der Waals surface area contributed by atoms with E-state index in [9.17, 15) is 4.79 Å². The highest BCUT2D eigenvalue weighted by Gasteiger charge is 2.25. The van der Waals surface area contributed by atoms with Crippen LogP contribution in [0.2, 0.25) is 0 Å². The van der Waals surface area contributed by atoms with Gasteiger partial charge in [0.25, 0.3) is 0 Å². The minimum Gasteiger partial charge on any atom is -0.481 e. The molecular weight excluding hydrogens is 276 g/mol. The molecule has 1 aliphatic rings. The summed E-state index contributed by atoms with van der Waals surface area (Å²) in [4.78, 5) is 16.1. The maximum absolute atomic E-state index is 10.9. The van der Waals surface area contributed by atoms with Crippen LogP contribution in [0.4, 0.5) is 0 Å². The van der Waals surface area contributed by atoms with E-state index in [1.807, 2.05) is 12.3 Å². The molecule has 1 fully saturated rings. The van der Waals surface area contributed by atoms with E-state index in [-0.39, 0.29) is 5.92 Å². The maximum Gasteiger partial charge on any atom is 0.306 e. The molecule has 0 bridgehead atoms. The Morgan fingerprint density at radius 1 is 1.40 bits per heavy atom. The minimum atomic E-state index is -0.658. The number of nitrogens with zero attached hydrogens (tertiary/aromatic N) is 3. The first kappa shape index (κ1) is 13.4. The average Bonchev–Trinajstić information content (AvgIpc) is 2.93. The van der Waals surface area contributed by atoms with Gasteiger partial charge in [-0.3, -0.25) is 4.79 Å². The quantitative estimate of drug-likeness (QED) is 0.893. The third-order valence-electron chi connectivity index (χ3n) is 3.84. The molecule has 6 nitrogen and oxygen atoms in total. The van der Waals surface area contributed by atoms with Gasteiger partial charge in [-0.15, -0.1) is 5.10 Å². The zero-order valence-electron chi connectivity index (χ0n) is 11.0. The van der Waals surface area contributed by atoms with Crippen molar-refractivity contribution < 1.29 is 9.90 Å². The summed E-state index contributed by atoms with van der Waals surface area (Å²) in [5, 5.41) is 16.5. The molecule has 0 radical (unpaired) electrons. The van der Waals surface area contributed by atoms with E-state index < -0.39 is 5.97 Å². The van der Waals surface area contributed by atoms with Gasteiger partial charge >= 0.3 is 5.97 Å². The number of carboxylic acids is 1. The monoisotopic (exact) mass is 292 g/mol. The second kappa shape index (κ2) is 5.80. The molecule has 0 unspecified atom stereocenters. The molecule has 7 heteroatoms. The highest BCUT2D eigenvalue weighted by atomic mass is 32.1. The van der Waals surface area contributed by atoms with E-state index >= 15 is 0 Å². The third kappa shape index (κ3) is 2.94. The number of aromatic nitrogens is 3. The van der Waals surface area contributed by atoms with Crippen LogP contribution in [0, 0.1) is 5.92 Å². The lowest BCUT2D eigenvalue weighted by Crippen LogP contribution is -2.34. The molecule has 0 aromatic carbocycles. The fourth-order valence-corrected chi connectivity index (χ4v) is 3.13. The molecule has 2 aromatic rings. The lowest BCUT2D eigenvalue weighted by atomic mass is 9.86. The Hall–Kier alpha value is -1.60. The van der Waals surface area contributed by atoms with E-state index in [2.05, 4.69) is 19.9 Å². The van der Waals surface area contributed by atoms with Crippen LogP contribution < -0.4 is 5.32 Å². The number of rotatable bonds is 4. The molecule has 0 aliphatic heterocycles. The van der Waals surface area contributed by atoms with Crippen molar-refractivity contribution in [2.45, 2.75) is 38.3 Å². The summed E-state index contributed by atoms with van der Waals surface area (Å²) >= 11 is 1.30. The average molecular weight is 292 g/mol. The second-order valence-electron chi connectivity index (χ2n) is 5.21. The van der Waals surface area contributed by atoms with Gasteiger partial charge in [0, 0.05) is 30.3 Å². The zero-order valence-corrected chi connectivity index (χ0v) is 11.8. The molecule has 2 aromatic heterocycles. The van der Waals surface area contributed by atoms with Gasteiger partial charge in [0.1, 0.15) is 5.52 Å². The van der Waals surface area contributed by atoms with Crippen molar-refractivity contribution in [2.75, 3.05) is 0 Å². The maximum atomic E-state index is 10.9. The number of nitrogens with one attached hydrogen (secondary N) is 1. The Labute approximate surface area is 120 Å². The number of fused-ring (bicyclic) bond motifs is 1. The van der Waals surface area contributed by atoms with Gasteiger partial charge in [-0.05, 0) is 37.3 Å². The molecule has 2 N–H and O–H groups in total. The third-order valence-corrected chi connectivity index (χ3v) is 4.49. The molecule has 106 valence electrons. The molecule has 3 rings (SSSR count). The highest BCUT2D eigenvalue weighted by Crippen LogP contribution is 2.24. The number of carboxylic acid groups (broad SMARTS) is 1. The normalized spacial score (nSPS) is 23.0. The first-order chi connectivity index (χ1) is 9.72. The van der Waals surface area contributed by atoms with Gasteiger partial charge in [0.05, 0.1) is 5.92 Å². The van der Waals surface area contributed by atoms with Gasteiger partial charge in [-0.2, -0.15) is 0 Å². The highest BCUT2D eigenvalue weighted by molar-refractivity contribution is 7.12. The Kier molecular flexibility index (Phi) is 3.88. The van der Waals surface area contributed by atoms with Gasteiger partial charge in [-0.1, -0.05) is 4.49 Å². The van der Waals surface area contributed by atoms with Crippen molar-refractivity contribution in [1.82, 2.24) is 19.9 Å². The SMILES string of the molecule is O=C(O)C1CCC(NCc2cnc3snnc3c2)CC1. The summed E-state index contributed by atoms with van der Waals surface area (Å²) < 4.78 is 3.87. The first-order valence-corrected chi connectivity index (χ1v) is 7.53. The molecule has 0 saturated heterocycles. The summed E-state index contributed by atoms with van der Waals surface area (Å²) in [7, 11) is 0. The lowest BCUT2D eigenvalue weighted by molar-refractivity contribution is -0.142. The van der Waals surface area contributed by atoms with Crippen LogP contribution in [0.1, 0.15) is 31.2 Å². The Morgan fingerprint density at radius 2 is 2.20 bits per heavy atom. The molecule has 1 saturated carbocycles. The summed E-state index contributed by atoms with van der Waals surface area (Å²) in [6, 6.07) is 2.40. The molecule has 2 heterocycles. The van der Waals surface area contributed by atoms with Crippen LogP contribution in [0.3, 0.4) is 0 Å². The first-order valence-electron chi connectivity index (χ1n) is 6.75. The molecule has 0 atom stereocenters. The predicted octanol–water partition coefficient (Wildman–Crippen LogP) is 1.82. The van der Waals surface area contributed by atoms with Crippen molar-refractivity contribution in [3.8, 4) is 0 Å². The van der Waals surface area contributed by atoms with Crippen LogP contribution in [0.15, 0.2) is 12.3 Å². The van der Waals surface area contributed by atoms with Crippen molar-refractivity contribution in [2.24, 2.45) is 5.92 Å². The van der Waals surface area contributed by atoms with E-state index in [1.165, 1.54) is 11.5 Å². The van der Waals surface area contributed by atoms with E-state index in [1.54, 1.807) is 0 Å². The summed E-state index contributed by atoms with van der Waals surface area (Å²) in [6.07, 6.45) is 5.22. The zero-order chi connectivity index (χ0) is 13.9. The van der Waals surface area contributed by atoms with Crippen LogP contribution in [-0.4, -0.2) is 31.7 Å². The van der Waals surface area contributed by atoms with Gasteiger partial charge < -0.3 is 10.4 Å². The standard InChI is InChI=1S/C13H16N4O2S/c18-13(19)9-1-3-10(4-2-9)14-6-8-5-11-12(15-7-8)20-17-16-11/h5,7,9-10,14H,1-4,6H2,(H,18,19). The van der Waals surface area contributed by atoms with Gasteiger partial charge in [-0.25, -0.2) is 4.98 Å². The number of hydrogen-bond acceptors (Lipinski definition) is 6.